The van der Waals surface area contributed by atoms with Gasteiger partial charge in [0.1, 0.15) is 6.04 Å². The summed E-state index contributed by atoms with van der Waals surface area (Å²) < 4.78 is 32.5. The fraction of sp³-hybridized carbons (Fsp3) is 0.533. The fourth-order valence-electron chi connectivity index (χ4n) is 2.56. The van der Waals surface area contributed by atoms with Gasteiger partial charge in [-0.1, -0.05) is 30.3 Å². The molecule has 0 aliphatic carbocycles. The molecule has 1 aromatic rings. The van der Waals surface area contributed by atoms with Crippen molar-refractivity contribution in [3.8, 4) is 0 Å². The third-order valence-corrected chi connectivity index (χ3v) is 5.68. The number of carboxylic acids is 1. The average Bonchev–Trinajstić information content (AvgIpc) is 2.47. The van der Waals surface area contributed by atoms with Gasteiger partial charge in [-0.25, -0.2) is 13.1 Å². The van der Waals surface area contributed by atoms with Gasteiger partial charge in [-0.05, 0) is 31.7 Å². The molecule has 2 N–H and O–H groups in total. The van der Waals surface area contributed by atoms with E-state index in [2.05, 4.69) is 4.72 Å². The molecule has 1 aliphatic rings. The molecule has 0 amide bonds. The van der Waals surface area contributed by atoms with Crippen LogP contribution >= 0.6 is 0 Å². The molecule has 1 aliphatic heterocycles. The molecule has 1 fully saturated rings. The first-order chi connectivity index (χ1) is 10.4. The van der Waals surface area contributed by atoms with Gasteiger partial charge in [0, 0.05) is 6.61 Å². The molecule has 2 rings (SSSR count). The van der Waals surface area contributed by atoms with E-state index in [1.807, 2.05) is 13.0 Å². The Morgan fingerprint density at radius 3 is 2.68 bits per heavy atom. The predicted octanol–water partition coefficient (Wildman–Crippen LogP) is 1.17. The van der Waals surface area contributed by atoms with Crippen LogP contribution in [0.15, 0.2) is 30.3 Å². The largest absolute Gasteiger partial charge is 0.480 e. The van der Waals surface area contributed by atoms with E-state index in [4.69, 9.17) is 4.74 Å². The zero-order valence-corrected chi connectivity index (χ0v) is 13.3. The van der Waals surface area contributed by atoms with Crippen LogP contribution in [-0.4, -0.2) is 43.5 Å². The van der Waals surface area contributed by atoms with E-state index >= 15 is 0 Å². The van der Waals surface area contributed by atoms with Gasteiger partial charge in [-0.3, -0.25) is 4.79 Å². The van der Waals surface area contributed by atoms with Crippen LogP contribution in [0.4, 0.5) is 0 Å². The summed E-state index contributed by atoms with van der Waals surface area (Å²) in [5, 5.41) is 8.69. The molecule has 0 aromatic heterocycles. The highest BCUT2D eigenvalue weighted by Crippen LogP contribution is 2.20. The number of nitrogens with one attached hydrogen (secondary N) is 1. The lowest BCUT2D eigenvalue weighted by Gasteiger charge is -2.28. The maximum absolute atomic E-state index is 12.4. The Hall–Kier alpha value is -1.44. The van der Waals surface area contributed by atoms with E-state index < -0.39 is 27.3 Å². The number of aliphatic carboxylic acids is 1. The number of hydrogen-bond acceptors (Lipinski definition) is 4. The Balaban J connectivity index is 2.08. The van der Waals surface area contributed by atoms with Crippen molar-refractivity contribution in [2.75, 3.05) is 6.61 Å². The van der Waals surface area contributed by atoms with Crippen molar-refractivity contribution < 1.29 is 23.1 Å². The number of sulfonamides is 1. The lowest BCUT2D eigenvalue weighted by atomic mass is 10.1. The highest BCUT2D eigenvalue weighted by Gasteiger charge is 2.34. The van der Waals surface area contributed by atoms with Crippen LogP contribution in [-0.2, 0) is 26.0 Å². The van der Waals surface area contributed by atoms with Crippen molar-refractivity contribution in [1.82, 2.24) is 4.72 Å². The molecule has 3 atom stereocenters. The van der Waals surface area contributed by atoms with Gasteiger partial charge in [0.2, 0.25) is 10.0 Å². The van der Waals surface area contributed by atoms with Crippen molar-refractivity contribution in [1.29, 1.82) is 0 Å². The second-order valence-corrected chi connectivity index (χ2v) is 7.56. The first-order valence-corrected chi connectivity index (χ1v) is 8.82. The third-order valence-electron chi connectivity index (χ3n) is 3.76. The molecule has 1 aromatic carbocycles. The summed E-state index contributed by atoms with van der Waals surface area (Å²) in [6, 6.07) is 7.81. The van der Waals surface area contributed by atoms with Crippen LogP contribution < -0.4 is 4.72 Å². The minimum Gasteiger partial charge on any atom is -0.480 e. The van der Waals surface area contributed by atoms with Crippen LogP contribution in [0.5, 0.6) is 0 Å². The van der Waals surface area contributed by atoms with E-state index in [1.54, 1.807) is 24.3 Å². The zero-order chi connectivity index (χ0) is 16.2. The molecule has 0 saturated carbocycles. The molecule has 122 valence electrons. The monoisotopic (exact) mass is 327 g/mol. The lowest BCUT2D eigenvalue weighted by molar-refractivity contribution is -0.138. The van der Waals surface area contributed by atoms with Gasteiger partial charge < -0.3 is 9.84 Å². The SMILES string of the molecule is CC1CC(S(=O)(=O)N[C@@H](Cc2ccccc2)C(=O)O)CCO1. The smallest absolute Gasteiger partial charge is 0.322 e. The number of ether oxygens (including phenoxy) is 1. The van der Waals surface area contributed by atoms with Gasteiger partial charge in [-0.2, -0.15) is 0 Å². The van der Waals surface area contributed by atoms with E-state index in [1.165, 1.54) is 0 Å². The van der Waals surface area contributed by atoms with Crippen molar-refractivity contribution >= 4 is 16.0 Å². The Labute approximate surface area is 130 Å². The van der Waals surface area contributed by atoms with Crippen molar-refractivity contribution in [2.24, 2.45) is 0 Å². The van der Waals surface area contributed by atoms with Gasteiger partial charge >= 0.3 is 5.97 Å². The lowest BCUT2D eigenvalue weighted by Crippen LogP contribution is -2.48. The minimum atomic E-state index is -3.69. The first kappa shape index (κ1) is 16.9. The van der Waals surface area contributed by atoms with E-state index in [-0.39, 0.29) is 12.5 Å². The molecule has 0 spiro atoms. The second kappa shape index (κ2) is 7.21. The zero-order valence-electron chi connectivity index (χ0n) is 12.4. The maximum atomic E-state index is 12.4. The summed E-state index contributed by atoms with van der Waals surface area (Å²) in [5.41, 5.74) is 0.776. The Morgan fingerprint density at radius 1 is 1.41 bits per heavy atom. The molecule has 2 unspecified atom stereocenters. The third kappa shape index (κ3) is 4.53. The molecule has 7 heteroatoms. The molecular formula is C15H21NO5S. The fourth-order valence-corrected chi connectivity index (χ4v) is 4.27. The molecule has 22 heavy (non-hydrogen) atoms. The van der Waals surface area contributed by atoms with E-state index in [0.717, 1.165) is 5.56 Å². The van der Waals surface area contributed by atoms with Gasteiger partial charge in [0.05, 0.1) is 11.4 Å². The molecule has 1 heterocycles. The summed E-state index contributed by atoms with van der Waals surface area (Å²) in [6.07, 6.45) is 0.756. The Morgan fingerprint density at radius 2 is 2.09 bits per heavy atom. The van der Waals surface area contributed by atoms with E-state index in [9.17, 15) is 18.3 Å². The summed E-state index contributed by atoms with van der Waals surface area (Å²) >= 11 is 0. The highest BCUT2D eigenvalue weighted by atomic mass is 32.2. The van der Waals surface area contributed by atoms with Gasteiger partial charge in [0.25, 0.3) is 0 Å². The minimum absolute atomic E-state index is 0.119. The van der Waals surface area contributed by atoms with Gasteiger partial charge in [-0.15, -0.1) is 0 Å². The van der Waals surface area contributed by atoms with Crippen LogP contribution in [0.1, 0.15) is 25.3 Å². The van der Waals surface area contributed by atoms with Crippen molar-refractivity contribution in [2.45, 2.75) is 43.6 Å². The Bertz CT molecular complexity index is 602. The summed E-state index contributed by atoms with van der Waals surface area (Å²) in [5.74, 6) is -1.17. The molecule has 6 nitrogen and oxygen atoms in total. The molecular weight excluding hydrogens is 306 g/mol. The van der Waals surface area contributed by atoms with Crippen LogP contribution in [0.2, 0.25) is 0 Å². The Kier molecular flexibility index (Phi) is 5.55. The number of benzene rings is 1. The first-order valence-electron chi connectivity index (χ1n) is 7.28. The summed E-state index contributed by atoms with van der Waals surface area (Å²) in [6.45, 7) is 2.20. The standard InChI is InChI=1S/C15H21NO5S/c1-11-9-13(7-8-21-11)22(19,20)16-14(15(17)18)10-12-5-3-2-4-6-12/h2-6,11,13-14,16H,7-10H2,1H3,(H,17,18)/t11?,13?,14-/m0/s1. The quantitative estimate of drug-likeness (QED) is 0.818. The number of hydrogen-bond donors (Lipinski definition) is 2. The van der Waals surface area contributed by atoms with E-state index in [0.29, 0.717) is 19.4 Å². The average molecular weight is 327 g/mol. The summed E-state index contributed by atoms with van der Waals surface area (Å²) in [7, 11) is -3.69. The highest BCUT2D eigenvalue weighted by molar-refractivity contribution is 7.90. The van der Waals surface area contributed by atoms with Crippen molar-refractivity contribution in [3.63, 3.8) is 0 Å². The van der Waals surface area contributed by atoms with Crippen LogP contribution in [0, 0.1) is 0 Å². The summed E-state index contributed by atoms with van der Waals surface area (Å²) in [4.78, 5) is 11.4. The van der Waals surface area contributed by atoms with Gasteiger partial charge in [0.15, 0.2) is 0 Å². The van der Waals surface area contributed by atoms with Crippen molar-refractivity contribution in [3.05, 3.63) is 35.9 Å². The number of carbonyl (C=O) groups is 1. The number of rotatable bonds is 6. The molecule has 0 radical (unpaired) electrons. The predicted molar refractivity (Wildman–Crippen MR) is 82.1 cm³/mol. The van der Waals surface area contributed by atoms with Crippen LogP contribution in [0.25, 0.3) is 0 Å². The normalized spacial score (nSPS) is 23.9. The molecule has 1 saturated heterocycles. The molecule has 0 bridgehead atoms. The number of carboxylic acid groups (broad SMARTS) is 1. The second-order valence-electron chi connectivity index (χ2n) is 5.57. The maximum Gasteiger partial charge on any atom is 0.322 e. The topological polar surface area (TPSA) is 92.7 Å². The van der Waals surface area contributed by atoms with Crippen LogP contribution in [0.3, 0.4) is 0 Å².